The first-order valence-electron chi connectivity index (χ1n) is 6.94. The van der Waals surface area contributed by atoms with Crippen molar-refractivity contribution in [3.63, 3.8) is 0 Å². The molecule has 0 aliphatic carbocycles. The Morgan fingerprint density at radius 1 is 1.18 bits per heavy atom. The zero-order valence-electron chi connectivity index (χ0n) is 13.0. The Morgan fingerprint density at radius 3 is 2.00 bits per heavy atom. The van der Waals surface area contributed by atoms with Crippen molar-refractivity contribution >= 4 is 0 Å². The van der Waals surface area contributed by atoms with Gasteiger partial charge in [-0.15, -0.1) is 0 Å². The van der Waals surface area contributed by atoms with E-state index in [0.29, 0.717) is 12.0 Å². The predicted octanol–water partition coefficient (Wildman–Crippen LogP) is 2.02. The molecule has 0 aromatic rings. The van der Waals surface area contributed by atoms with Crippen molar-refractivity contribution in [3.05, 3.63) is 0 Å². The summed E-state index contributed by atoms with van der Waals surface area (Å²) < 4.78 is 0. The summed E-state index contributed by atoms with van der Waals surface area (Å²) in [6, 6.07) is 0.539. The first-order valence-corrected chi connectivity index (χ1v) is 6.94. The molecule has 0 aromatic heterocycles. The van der Waals surface area contributed by atoms with Gasteiger partial charge in [0.15, 0.2) is 0 Å². The normalized spacial score (nSPS) is 19.4. The van der Waals surface area contributed by atoms with E-state index in [0.717, 1.165) is 19.6 Å². The van der Waals surface area contributed by atoms with Gasteiger partial charge < -0.3 is 10.6 Å². The van der Waals surface area contributed by atoms with Crippen LogP contribution in [0.25, 0.3) is 0 Å². The molecule has 0 aliphatic heterocycles. The van der Waals surface area contributed by atoms with E-state index < -0.39 is 0 Å². The molecule has 0 saturated heterocycles. The molecule has 0 amide bonds. The molecule has 17 heavy (non-hydrogen) atoms. The van der Waals surface area contributed by atoms with Gasteiger partial charge in [0.1, 0.15) is 0 Å². The summed E-state index contributed by atoms with van der Waals surface area (Å²) in [6.45, 7) is 14.3. The molecule has 0 bridgehead atoms. The molecule has 3 atom stereocenters. The van der Waals surface area contributed by atoms with Crippen LogP contribution in [0.4, 0.5) is 0 Å². The standard InChI is InChI=1S/C14H33N3/c1-8-12(3)14(5,11-15)17(9-2)13(4)10-16(6)7/h12-13H,8-11,15H2,1-7H3. The Labute approximate surface area is 108 Å². The molecule has 3 unspecified atom stereocenters. The summed E-state index contributed by atoms with van der Waals surface area (Å²) in [5.74, 6) is 0.622. The van der Waals surface area contributed by atoms with Crippen LogP contribution < -0.4 is 5.73 Å². The molecule has 0 heterocycles. The monoisotopic (exact) mass is 243 g/mol. The van der Waals surface area contributed by atoms with Crippen LogP contribution in [0.2, 0.25) is 0 Å². The fourth-order valence-electron chi connectivity index (χ4n) is 2.84. The molecule has 0 aromatic carbocycles. The van der Waals surface area contributed by atoms with Crippen molar-refractivity contribution in [1.29, 1.82) is 0 Å². The quantitative estimate of drug-likeness (QED) is 0.708. The van der Waals surface area contributed by atoms with Crippen LogP contribution >= 0.6 is 0 Å². The molecular weight excluding hydrogens is 210 g/mol. The lowest BCUT2D eigenvalue weighted by Crippen LogP contribution is -2.60. The molecule has 0 spiro atoms. The first kappa shape index (κ1) is 16.9. The van der Waals surface area contributed by atoms with Gasteiger partial charge in [0.25, 0.3) is 0 Å². The van der Waals surface area contributed by atoms with Crippen molar-refractivity contribution in [2.24, 2.45) is 11.7 Å². The summed E-state index contributed by atoms with van der Waals surface area (Å²) in [4.78, 5) is 4.82. The van der Waals surface area contributed by atoms with Gasteiger partial charge in [-0.3, -0.25) is 4.90 Å². The van der Waals surface area contributed by atoms with Crippen LogP contribution in [0.5, 0.6) is 0 Å². The fraction of sp³-hybridized carbons (Fsp3) is 1.00. The fourth-order valence-corrected chi connectivity index (χ4v) is 2.84. The van der Waals surface area contributed by atoms with Gasteiger partial charge in [-0.2, -0.15) is 0 Å². The van der Waals surface area contributed by atoms with Gasteiger partial charge in [0, 0.05) is 24.7 Å². The number of hydrogen-bond donors (Lipinski definition) is 1. The third-order valence-electron chi connectivity index (χ3n) is 4.25. The van der Waals surface area contributed by atoms with Crippen molar-refractivity contribution in [2.75, 3.05) is 33.7 Å². The van der Waals surface area contributed by atoms with Crippen molar-refractivity contribution in [2.45, 2.75) is 52.6 Å². The average molecular weight is 243 g/mol. The lowest BCUT2D eigenvalue weighted by atomic mass is 9.82. The van der Waals surface area contributed by atoms with Crippen molar-refractivity contribution in [1.82, 2.24) is 9.80 Å². The van der Waals surface area contributed by atoms with Crippen LogP contribution in [-0.4, -0.2) is 55.1 Å². The van der Waals surface area contributed by atoms with E-state index in [9.17, 15) is 0 Å². The summed E-state index contributed by atoms with van der Waals surface area (Å²) in [6.07, 6.45) is 1.18. The van der Waals surface area contributed by atoms with E-state index in [4.69, 9.17) is 5.73 Å². The van der Waals surface area contributed by atoms with E-state index >= 15 is 0 Å². The van der Waals surface area contributed by atoms with Crippen LogP contribution in [0, 0.1) is 5.92 Å². The highest BCUT2D eigenvalue weighted by molar-refractivity contribution is 4.93. The van der Waals surface area contributed by atoms with E-state index in [2.05, 4.69) is 58.5 Å². The maximum absolute atomic E-state index is 6.07. The van der Waals surface area contributed by atoms with E-state index in [1.807, 2.05) is 0 Å². The number of nitrogens with two attached hydrogens (primary N) is 1. The smallest absolute Gasteiger partial charge is 0.0332 e. The second kappa shape index (κ2) is 7.34. The topological polar surface area (TPSA) is 32.5 Å². The Morgan fingerprint density at radius 2 is 1.71 bits per heavy atom. The molecule has 3 nitrogen and oxygen atoms in total. The lowest BCUT2D eigenvalue weighted by Gasteiger charge is -2.48. The second-order valence-electron chi connectivity index (χ2n) is 5.77. The molecule has 0 rings (SSSR count). The van der Waals surface area contributed by atoms with E-state index in [-0.39, 0.29) is 5.54 Å². The number of rotatable bonds is 8. The largest absolute Gasteiger partial charge is 0.329 e. The van der Waals surface area contributed by atoms with Crippen LogP contribution in [-0.2, 0) is 0 Å². The van der Waals surface area contributed by atoms with Gasteiger partial charge in [0.2, 0.25) is 0 Å². The van der Waals surface area contributed by atoms with Gasteiger partial charge >= 0.3 is 0 Å². The summed E-state index contributed by atoms with van der Waals surface area (Å²) in [5.41, 5.74) is 6.18. The highest BCUT2D eigenvalue weighted by atomic mass is 15.3. The van der Waals surface area contributed by atoms with E-state index in [1.165, 1.54) is 6.42 Å². The maximum atomic E-state index is 6.07. The summed E-state index contributed by atoms with van der Waals surface area (Å²) in [5, 5.41) is 0. The Bertz CT molecular complexity index is 206. The second-order valence-corrected chi connectivity index (χ2v) is 5.77. The van der Waals surface area contributed by atoms with Crippen LogP contribution in [0.1, 0.15) is 41.0 Å². The SMILES string of the molecule is CCC(C)C(C)(CN)N(CC)C(C)CN(C)C. The Kier molecular flexibility index (Phi) is 7.29. The molecule has 2 N–H and O–H groups in total. The molecule has 0 radical (unpaired) electrons. The number of nitrogens with zero attached hydrogens (tertiary/aromatic N) is 2. The van der Waals surface area contributed by atoms with Crippen molar-refractivity contribution < 1.29 is 0 Å². The van der Waals surface area contributed by atoms with Crippen molar-refractivity contribution in [3.8, 4) is 0 Å². The average Bonchev–Trinajstić information content (AvgIpc) is 2.27. The van der Waals surface area contributed by atoms with Crippen LogP contribution in [0.3, 0.4) is 0 Å². The Balaban J connectivity index is 4.91. The highest BCUT2D eigenvalue weighted by Gasteiger charge is 2.36. The third-order valence-corrected chi connectivity index (χ3v) is 4.25. The zero-order chi connectivity index (χ0) is 13.6. The minimum Gasteiger partial charge on any atom is -0.329 e. The first-order chi connectivity index (χ1) is 7.83. The lowest BCUT2D eigenvalue weighted by molar-refractivity contribution is 0.0211. The van der Waals surface area contributed by atoms with Crippen LogP contribution in [0.15, 0.2) is 0 Å². The summed E-state index contributed by atoms with van der Waals surface area (Å²) in [7, 11) is 4.26. The number of likely N-dealkylation sites (N-methyl/N-ethyl adjacent to an activating group) is 2. The zero-order valence-corrected chi connectivity index (χ0v) is 13.0. The third kappa shape index (κ3) is 4.23. The minimum absolute atomic E-state index is 0.110. The summed E-state index contributed by atoms with van der Waals surface area (Å²) >= 11 is 0. The highest BCUT2D eigenvalue weighted by Crippen LogP contribution is 2.28. The number of hydrogen-bond acceptors (Lipinski definition) is 3. The predicted molar refractivity (Wildman–Crippen MR) is 77.3 cm³/mol. The maximum Gasteiger partial charge on any atom is 0.0332 e. The molecule has 0 saturated carbocycles. The van der Waals surface area contributed by atoms with Gasteiger partial charge in [0.05, 0.1) is 0 Å². The molecule has 0 aliphatic rings. The van der Waals surface area contributed by atoms with Gasteiger partial charge in [-0.25, -0.2) is 0 Å². The Hall–Kier alpha value is -0.120. The molecule has 104 valence electrons. The molecule has 3 heteroatoms. The molecular formula is C14H33N3. The van der Waals surface area contributed by atoms with Gasteiger partial charge in [-0.1, -0.05) is 27.2 Å². The minimum atomic E-state index is 0.110. The van der Waals surface area contributed by atoms with E-state index in [1.54, 1.807) is 0 Å². The molecule has 0 fully saturated rings. The van der Waals surface area contributed by atoms with Gasteiger partial charge in [-0.05, 0) is 40.4 Å².